The van der Waals surface area contributed by atoms with Crippen molar-refractivity contribution >= 4 is 34.8 Å². The van der Waals surface area contributed by atoms with Crippen molar-refractivity contribution in [1.29, 1.82) is 0 Å². The van der Waals surface area contributed by atoms with Gasteiger partial charge in [-0.1, -0.05) is 29.3 Å². The molecule has 1 amide bonds. The first kappa shape index (κ1) is 21.1. The summed E-state index contributed by atoms with van der Waals surface area (Å²) < 4.78 is 30.4. The van der Waals surface area contributed by atoms with E-state index in [1.165, 1.54) is 24.3 Å². The van der Waals surface area contributed by atoms with Crippen molar-refractivity contribution in [3.8, 4) is 5.75 Å². The topological polar surface area (TPSA) is 56.2 Å². The smallest absolute Gasteiger partial charge is 0.387 e. The van der Waals surface area contributed by atoms with Crippen LogP contribution in [0.1, 0.15) is 27.3 Å². The van der Waals surface area contributed by atoms with Crippen molar-refractivity contribution in [3.63, 3.8) is 0 Å². The van der Waals surface area contributed by atoms with Crippen molar-refractivity contribution in [2.45, 2.75) is 27.0 Å². The molecule has 0 spiro atoms. The number of halogens is 4. The highest BCUT2D eigenvalue weighted by atomic mass is 35.5. The molecule has 0 bridgehead atoms. The van der Waals surface area contributed by atoms with E-state index >= 15 is 0 Å². The Balaban J connectivity index is 1.80. The molecule has 0 aliphatic heterocycles. The minimum absolute atomic E-state index is 0.00907. The quantitative estimate of drug-likeness (QED) is 0.535. The maximum Gasteiger partial charge on any atom is 0.387 e. The molecule has 1 aromatic heterocycles. The number of nitrogens with one attached hydrogen (secondary N) is 1. The third-order valence-electron chi connectivity index (χ3n) is 4.32. The molecule has 29 heavy (non-hydrogen) atoms. The van der Waals surface area contributed by atoms with Gasteiger partial charge >= 0.3 is 6.61 Å². The van der Waals surface area contributed by atoms with E-state index in [0.717, 1.165) is 0 Å². The number of carbonyl (C=O) groups is 1. The van der Waals surface area contributed by atoms with Crippen molar-refractivity contribution in [3.05, 3.63) is 75.0 Å². The summed E-state index contributed by atoms with van der Waals surface area (Å²) in [7, 11) is 0. The molecule has 5 nitrogen and oxygen atoms in total. The van der Waals surface area contributed by atoms with Crippen LogP contribution in [-0.2, 0) is 6.54 Å². The number of hydrogen-bond acceptors (Lipinski definition) is 3. The van der Waals surface area contributed by atoms with Gasteiger partial charge in [0.05, 0.1) is 17.8 Å². The summed E-state index contributed by atoms with van der Waals surface area (Å²) in [6.07, 6.45) is 0. The molecule has 9 heteroatoms. The van der Waals surface area contributed by atoms with Crippen molar-refractivity contribution < 1.29 is 18.3 Å². The number of anilines is 1. The average molecular weight is 440 g/mol. The molecule has 3 aromatic rings. The van der Waals surface area contributed by atoms with E-state index in [9.17, 15) is 13.6 Å². The number of hydrogen-bond donors (Lipinski definition) is 1. The van der Waals surface area contributed by atoms with Crippen LogP contribution in [0.4, 0.5) is 14.5 Å². The van der Waals surface area contributed by atoms with Gasteiger partial charge in [-0.25, -0.2) is 0 Å². The first-order valence-corrected chi connectivity index (χ1v) is 9.35. The lowest BCUT2D eigenvalue weighted by molar-refractivity contribution is -0.0498. The van der Waals surface area contributed by atoms with Gasteiger partial charge in [0.15, 0.2) is 0 Å². The molecule has 0 atom stereocenters. The van der Waals surface area contributed by atoms with Crippen LogP contribution < -0.4 is 10.1 Å². The van der Waals surface area contributed by atoms with E-state index in [4.69, 9.17) is 23.2 Å². The highest BCUT2D eigenvalue weighted by Gasteiger charge is 2.20. The molecule has 0 radical (unpaired) electrons. The van der Waals surface area contributed by atoms with E-state index in [1.54, 1.807) is 36.7 Å². The van der Waals surface area contributed by atoms with Crippen molar-refractivity contribution in [2.75, 3.05) is 5.32 Å². The first-order valence-electron chi connectivity index (χ1n) is 8.59. The van der Waals surface area contributed by atoms with E-state index in [0.29, 0.717) is 44.8 Å². The summed E-state index contributed by atoms with van der Waals surface area (Å²) in [5.41, 5.74) is 2.76. The number of rotatable bonds is 6. The number of benzene rings is 2. The Morgan fingerprint density at radius 3 is 2.34 bits per heavy atom. The molecule has 0 fully saturated rings. The van der Waals surface area contributed by atoms with E-state index < -0.39 is 6.61 Å². The molecule has 0 saturated carbocycles. The van der Waals surface area contributed by atoms with Crippen molar-refractivity contribution in [1.82, 2.24) is 9.78 Å². The third kappa shape index (κ3) is 4.86. The Morgan fingerprint density at radius 2 is 1.76 bits per heavy atom. The zero-order valence-corrected chi connectivity index (χ0v) is 17.1. The number of aryl methyl sites for hydroxylation is 1. The lowest BCUT2D eigenvalue weighted by Crippen LogP contribution is -2.14. The van der Waals surface area contributed by atoms with Crippen LogP contribution in [0.25, 0.3) is 0 Å². The number of amides is 1. The van der Waals surface area contributed by atoms with Gasteiger partial charge in [-0.05, 0) is 50.2 Å². The average Bonchev–Trinajstić information content (AvgIpc) is 2.93. The van der Waals surface area contributed by atoms with Crippen LogP contribution in [0.15, 0.2) is 42.5 Å². The summed E-state index contributed by atoms with van der Waals surface area (Å²) in [5, 5.41) is 8.20. The molecular weight excluding hydrogens is 423 g/mol. The van der Waals surface area contributed by atoms with Gasteiger partial charge in [0.2, 0.25) is 0 Å². The molecule has 152 valence electrons. The van der Waals surface area contributed by atoms with Crippen LogP contribution in [0.2, 0.25) is 10.0 Å². The Hall–Kier alpha value is -2.64. The molecule has 2 aromatic carbocycles. The maximum atomic E-state index is 12.8. The Morgan fingerprint density at radius 1 is 1.14 bits per heavy atom. The molecule has 0 saturated heterocycles. The fourth-order valence-corrected chi connectivity index (χ4v) is 3.44. The Bertz CT molecular complexity index is 1020. The summed E-state index contributed by atoms with van der Waals surface area (Å²) in [6, 6.07) is 10.9. The largest absolute Gasteiger partial charge is 0.435 e. The monoisotopic (exact) mass is 439 g/mol. The molecule has 0 unspecified atom stereocenters. The van der Waals surface area contributed by atoms with Gasteiger partial charge in [-0.3, -0.25) is 9.48 Å². The normalized spacial score (nSPS) is 11.0. The lowest BCUT2D eigenvalue weighted by atomic mass is 10.1. The van der Waals surface area contributed by atoms with Crippen LogP contribution in [0, 0.1) is 13.8 Å². The standard InChI is InChI=1S/C20H17Cl2F2N3O2/c1-11-18(19(28)25-13-6-8-14(9-7-13)29-20(23)24)12(2)27(26-11)10-15-16(21)4-3-5-17(15)22/h3-9,20H,10H2,1-2H3,(H,25,28). The van der Waals surface area contributed by atoms with E-state index in [1.807, 2.05) is 0 Å². The molecule has 3 rings (SSSR count). The van der Waals surface area contributed by atoms with Crippen LogP contribution in [-0.4, -0.2) is 22.3 Å². The fraction of sp³-hybridized carbons (Fsp3) is 0.200. The summed E-state index contributed by atoms with van der Waals surface area (Å²) >= 11 is 12.5. The molecular formula is C20H17Cl2F2N3O2. The molecule has 0 aliphatic carbocycles. The van der Waals surface area contributed by atoms with Crippen LogP contribution >= 0.6 is 23.2 Å². The summed E-state index contributed by atoms with van der Waals surface area (Å²) in [4.78, 5) is 12.8. The Labute approximate surface area is 176 Å². The summed E-state index contributed by atoms with van der Waals surface area (Å²) in [5.74, 6) is -0.353. The van der Waals surface area contributed by atoms with Crippen LogP contribution in [0.3, 0.4) is 0 Å². The highest BCUT2D eigenvalue weighted by molar-refractivity contribution is 6.36. The zero-order chi connectivity index (χ0) is 21.1. The maximum absolute atomic E-state index is 12.8. The Kier molecular flexibility index (Phi) is 6.39. The molecule has 1 heterocycles. The van der Waals surface area contributed by atoms with Gasteiger partial charge < -0.3 is 10.1 Å². The predicted octanol–water partition coefficient (Wildman–Crippen LogP) is 5.71. The number of aromatic nitrogens is 2. The van der Waals surface area contributed by atoms with E-state index in [2.05, 4.69) is 15.2 Å². The minimum Gasteiger partial charge on any atom is -0.435 e. The highest BCUT2D eigenvalue weighted by Crippen LogP contribution is 2.26. The lowest BCUT2D eigenvalue weighted by Gasteiger charge is -2.10. The third-order valence-corrected chi connectivity index (χ3v) is 5.02. The second kappa shape index (κ2) is 8.80. The number of alkyl halides is 2. The van der Waals surface area contributed by atoms with Gasteiger partial charge in [-0.15, -0.1) is 0 Å². The second-order valence-electron chi connectivity index (χ2n) is 6.26. The van der Waals surface area contributed by atoms with Gasteiger partial charge in [0.1, 0.15) is 5.75 Å². The van der Waals surface area contributed by atoms with E-state index in [-0.39, 0.29) is 11.7 Å². The molecule has 0 aliphatic rings. The SMILES string of the molecule is Cc1nn(Cc2c(Cl)cccc2Cl)c(C)c1C(=O)Nc1ccc(OC(F)F)cc1. The number of nitrogens with zero attached hydrogens (tertiary/aromatic N) is 2. The zero-order valence-electron chi connectivity index (χ0n) is 15.5. The molecule has 1 N–H and O–H groups in total. The summed E-state index contributed by atoms with van der Waals surface area (Å²) in [6.45, 7) is 0.919. The van der Waals surface area contributed by atoms with Gasteiger partial charge in [0, 0.05) is 27.0 Å². The van der Waals surface area contributed by atoms with Crippen LogP contribution in [0.5, 0.6) is 5.75 Å². The fourth-order valence-electron chi connectivity index (χ4n) is 2.93. The predicted molar refractivity (Wildman–Crippen MR) is 108 cm³/mol. The first-order chi connectivity index (χ1) is 13.8. The number of carbonyl (C=O) groups excluding carboxylic acids is 1. The minimum atomic E-state index is -2.90. The van der Waals surface area contributed by atoms with Gasteiger partial charge in [-0.2, -0.15) is 13.9 Å². The second-order valence-corrected chi connectivity index (χ2v) is 7.08. The number of ether oxygens (including phenoxy) is 1. The van der Waals surface area contributed by atoms with Gasteiger partial charge in [0.25, 0.3) is 5.91 Å². The van der Waals surface area contributed by atoms with Crippen molar-refractivity contribution in [2.24, 2.45) is 0 Å².